The highest BCUT2D eigenvalue weighted by Crippen LogP contribution is 2.37. The first-order valence-corrected chi connectivity index (χ1v) is 7.58. The number of anilines is 1. The summed E-state index contributed by atoms with van der Waals surface area (Å²) in [6.07, 6.45) is 3.93. The van der Waals surface area contributed by atoms with E-state index >= 15 is 0 Å². The summed E-state index contributed by atoms with van der Waals surface area (Å²) in [6.45, 7) is 3.00. The van der Waals surface area contributed by atoms with E-state index in [4.69, 9.17) is 10.5 Å². The largest absolute Gasteiger partial charge is 0.384 e. The van der Waals surface area contributed by atoms with Crippen LogP contribution in [0.5, 0.6) is 0 Å². The number of hydrogen-bond donors (Lipinski definition) is 1. The van der Waals surface area contributed by atoms with Gasteiger partial charge < -0.3 is 10.5 Å². The Kier molecular flexibility index (Phi) is 4.15. The monoisotopic (exact) mass is 283 g/mol. The Labute approximate surface area is 125 Å². The van der Waals surface area contributed by atoms with Crippen molar-refractivity contribution < 1.29 is 4.74 Å². The van der Waals surface area contributed by atoms with Crippen molar-refractivity contribution in [2.24, 2.45) is 0 Å². The zero-order chi connectivity index (χ0) is 14.7. The first kappa shape index (κ1) is 14.0. The molecule has 1 aromatic carbocycles. The highest BCUT2D eigenvalue weighted by Gasteiger charge is 2.19. The van der Waals surface area contributed by atoms with Gasteiger partial charge in [-0.15, -0.1) is 0 Å². The van der Waals surface area contributed by atoms with Crippen molar-refractivity contribution in [3.05, 3.63) is 41.7 Å². The van der Waals surface area contributed by atoms with Gasteiger partial charge in [-0.3, -0.25) is 0 Å². The molecule has 0 amide bonds. The molecule has 2 aromatic rings. The van der Waals surface area contributed by atoms with Gasteiger partial charge in [0.05, 0.1) is 5.69 Å². The van der Waals surface area contributed by atoms with E-state index in [0.29, 0.717) is 30.8 Å². The normalized spacial score (nSPS) is 14.9. The quantitative estimate of drug-likeness (QED) is 0.912. The van der Waals surface area contributed by atoms with Crippen LogP contribution in [0.4, 0.5) is 5.82 Å². The number of nitrogen functional groups attached to an aromatic ring is 1. The minimum Gasteiger partial charge on any atom is -0.384 e. The van der Waals surface area contributed by atoms with E-state index < -0.39 is 0 Å². The SMILES string of the molecule is CCOCc1nc(N)cc(-c2cccc(C3CCC3)c2)n1. The lowest BCUT2D eigenvalue weighted by molar-refractivity contribution is 0.128. The second kappa shape index (κ2) is 6.22. The molecule has 1 heterocycles. The summed E-state index contributed by atoms with van der Waals surface area (Å²) in [6, 6.07) is 10.4. The van der Waals surface area contributed by atoms with Crippen molar-refractivity contribution >= 4 is 5.82 Å². The summed E-state index contributed by atoms with van der Waals surface area (Å²) in [5.74, 6) is 1.84. The van der Waals surface area contributed by atoms with E-state index in [-0.39, 0.29) is 0 Å². The third kappa shape index (κ3) is 3.22. The van der Waals surface area contributed by atoms with E-state index in [1.165, 1.54) is 24.8 Å². The summed E-state index contributed by atoms with van der Waals surface area (Å²) in [4.78, 5) is 8.79. The number of benzene rings is 1. The smallest absolute Gasteiger partial charge is 0.157 e. The van der Waals surface area contributed by atoms with Crippen LogP contribution >= 0.6 is 0 Å². The predicted octanol–water partition coefficient (Wildman–Crippen LogP) is 3.53. The number of aromatic nitrogens is 2. The standard InChI is InChI=1S/C17H21N3O/c1-2-21-11-17-19-15(10-16(18)20-17)14-8-4-7-13(9-14)12-5-3-6-12/h4,7-10,12H,2-3,5-6,11H2,1H3,(H2,18,19,20). The topological polar surface area (TPSA) is 61.0 Å². The Balaban J connectivity index is 1.90. The average Bonchev–Trinajstić information content (AvgIpc) is 2.43. The maximum atomic E-state index is 5.90. The molecular formula is C17H21N3O. The summed E-state index contributed by atoms with van der Waals surface area (Å²) in [5, 5.41) is 0. The van der Waals surface area contributed by atoms with Crippen molar-refractivity contribution in [3.8, 4) is 11.3 Å². The fourth-order valence-electron chi connectivity index (χ4n) is 2.62. The second-order valence-electron chi connectivity index (χ2n) is 5.48. The molecule has 3 rings (SSSR count). The van der Waals surface area contributed by atoms with Gasteiger partial charge in [-0.25, -0.2) is 9.97 Å². The molecule has 0 unspecified atom stereocenters. The molecule has 0 atom stereocenters. The molecule has 0 bridgehead atoms. The van der Waals surface area contributed by atoms with Crippen LogP contribution in [0.1, 0.15) is 43.5 Å². The average molecular weight is 283 g/mol. The van der Waals surface area contributed by atoms with Crippen molar-refractivity contribution in [2.75, 3.05) is 12.3 Å². The molecule has 0 aliphatic heterocycles. The van der Waals surface area contributed by atoms with E-state index in [0.717, 1.165) is 11.3 Å². The fourth-order valence-corrected chi connectivity index (χ4v) is 2.62. The van der Waals surface area contributed by atoms with Crippen molar-refractivity contribution in [1.82, 2.24) is 9.97 Å². The lowest BCUT2D eigenvalue weighted by atomic mass is 9.79. The van der Waals surface area contributed by atoms with Gasteiger partial charge in [0.25, 0.3) is 0 Å². The van der Waals surface area contributed by atoms with Crippen LogP contribution in [0.3, 0.4) is 0 Å². The Bertz CT molecular complexity index is 623. The Morgan fingerprint density at radius 2 is 2.10 bits per heavy atom. The van der Waals surface area contributed by atoms with E-state index in [2.05, 4.69) is 34.2 Å². The number of nitrogens with zero attached hydrogens (tertiary/aromatic N) is 2. The maximum absolute atomic E-state index is 5.90. The van der Waals surface area contributed by atoms with Crippen LogP contribution in [0.15, 0.2) is 30.3 Å². The van der Waals surface area contributed by atoms with Gasteiger partial charge in [-0.1, -0.05) is 24.6 Å². The second-order valence-corrected chi connectivity index (χ2v) is 5.48. The Hall–Kier alpha value is -1.94. The van der Waals surface area contributed by atoms with Gasteiger partial charge in [-0.2, -0.15) is 0 Å². The number of hydrogen-bond acceptors (Lipinski definition) is 4. The Morgan fingerprint density at radius 1 is 1.24 bits per heavy atom. The highest BCUT2D eigenvalue weighted by atomic mass is 16.5. The molecule has 21 heavy (non-hydrogen) atoms. The minimum atomic E-state index is 0.400. The van der Waals surface area contributed by atoms with Gasteiger partial charge in [0.2, 0.25) is 0 Å². The predicted molar refractivity (Wildman–Crippen MR) is 83.8 cm³/mol. The molecule has 1 aliphatic carbocycles. The lowest BCUT2D eigenvalue weighted by Gasteiger charge is -2.26. The van der Waals surface area contributed by atoms with Crippen LogP contribution in [0.25, 0.3) is 11.3 Å². The van der Waals surface area contributed by atoms with Gasteiger partial charge >= 0.3 is 0 Å². The first-order valence-electron chi connectivity index (χ1n) is 7.58. The van der Waals surface area contributed by atoms with Gasteiger partial charge in [0.15, 0.2) is 5.82 Å². The molecule has 1 aliphatic rings. The van der Waals surface area contributed by atoms with Gasteiger partial charge in [-0.05, 0) is 37.3 Å². The van der Waals surface area contributed by atoms with Crippen LogP contribution < -0.4 is 5.73 Å². The number of nitrogens with two attached hydrogens (primary N) is 1. The molecule has 0 saturated heterocycles. The summed E-state index contributed by atoms with van der Waals surface area (Å²) in [7, 11) is 0. The Morgan fingerprint density at radius 3 is 2.81 bits per heavy atom. The van der Waals surface area contributed by atoms with Crippen LogP contribution in [0.2, 0.25) is 0 Å². The van der Waals surface area contributed by atoms with Crippen molar-refractivity contribution in [1.29, 1.82) is 0 Å². The van der Waals surface area contributed by atoms with E-state index in [9.17, 15) is 0 Å². The molecule has 0 radical (unpaired) electrons. The van der Waals surface area contributed by atoms with Crippen LogP contribution in [-0.2, 0) is 11.3 Å². The van der Waals surface area contributed by atoms with Gasteiger partial charge in [0, 0.05) is 18.2 Å². The first-order chi connectivity index (χ1) is 10.3. The molecule has 1 saturated carbocycles. The van der Waals surface area contributed by atoms with Crippen LogP contribution in [-0.4, -0.2) is 16.6 Å². The molecule has 4 nitrogen and oxygen atoms in total. The molecule has 1 fully saturated rings. The third-order valence-electron chi connectivity index (χ3n) is 3.99. The van der Waals surface area contributed by atoms with E-state index in [1.54, 1.807) is 0 Å². The summed E-state index contributed by atoms with van der Waals surface area (Å²) in [5.41, 5.74) is 9.28. The minimum absolute atomic E-state index is 0.400. The zero-order valence-electron chi connectivity index (χ0n) is 12.4. The molecule has 2 N–H and O–H groups in total. The molecule has 110 valence electrons. The third-order valence-corrected chi connectivity index (χ3v) is 3.99. The molecular weight excluding hydrogens is 262 g/mol. The van der Waals surface area contributed by atoms with Crippen LogP contribution in [0, 0.1) is 0 Å². The van der Waals surface area contributed by atoms with Gasteiger partial charge in [0.1, 0.15) is 12.4 Å². The molecule has 0 spiro atoms. The molecule has 4 heteroatoms. The van der Waals surface area contributed by atoms with Crippen molar-refractivity contribution in [3.63, 3.8) is 0 Å². The summed E-state index contributed by atoms with van der Waals surface area (Å²) >= 11 is 0. The lowest BCUT2D eigenvalue weighted by Crippen LogP contribution is -2.08. The van der Waals surface area contributed by atoms with Crippen molar-refractivity contribution in [2.45, 2.75) is 38.7 Å². The maximum Gasteiger partial charge on any atom is 0.157 e. The highest BCUT2D eigenvalue weighted by molar-refractivity contribution is 5.63. The summed E-state index contributed by atoms with van der Waals surface area (Å²) < 4.78 is 5.37. The van der Waals surface area contributed by atoms with E-state index in [1.807, 2.05) is 13.0 Å². The zero-order valence-corrected chi connectivity index (χ0v) is 12.4. The number of ether oxygens (including phenoxy) is 1. The molecule has 1 aromatic heterocycles. The fraction of sp³-hybridized carbons (Fsp3) is 0.412. The number of rotatable bonds is 5.